The molecule has 2 heterocycles. The number of allylic oxidation sites excluding steroid dienone is 2. The third-order valence-electron chi connectivity index (χ3n) is 3.87. The Morgan fingerprint density at radius 1 is 1.31 bits per heavy atom. The number of alkyl halides is 3. The first-order valence-electron chi connectivity index (χ1n) is 8.80. The Kier molecular flexibility index (Phi) is 7.08. The van der Waals surface area contributed by atoms with Crippen LogP contribution >= 0.6 is 0 Å². The smallest absolute Gasteiger partial charge is 0.422 e. The summed E-state index contributed by atoms with van der Waals surface area (Å²) in [5.41, 5.74) is 6.12. The van der Waals surface area contributed by atoms with Crippen LogP contribution in [0.5, 0.6) is 0 Å². The van der Waals surface area contributed by atoms with E-state index < -0.39 is 24.7 Å². The van der Waals surface area contributed by atoms with Crippen LogP contribution in [-0.4, -0.2) is 29.6 Å². The van der Waals surface area contributed by atoms with Crippen molar-refractivity contribution in [1.82, 2.24) is 21.2 Å². The Morgan fingerprint density at radius 3 is 2.66 bits per heavy atom. The van der Waals surface area contributed by atoms with Gasteiger partial charge < -0.3 is 15.4 Å². The van der Waals surface area contributed by atoms with Crippen LogP contribution < -0.4 is 21.5 Å². The van der Waals surface area contributed by atoms with Gasteiger partial charge in [-0.25, -0.2) is 4.98 Å². The van der Waals surface area contributed by atoms with Crippen molar-refractivity contribution < 1.29 is 27.5 Å². The van der Waals surface area contributed by atoms with Gasteiger partial charge in [-0.05, 0) is 37.6 Å². The highest BCUT2D eigenvalue weighted by molar-refractivity contribution is 5.93. The van der Waals surface area contributed by atoms with Crippen molar-refractivity contribution in [3.8, 4) is 0 Å². The predicted molar refractivity (Wildman–Crippen MR) is 98.8 cm³/mol. The maximum atomic E-state index is 12.4. The van der Waals surface area contributed by atoms with Crippen LogP contribution in [-0.2, 0) is 14.3 Å². The van der Waals surface area contributed by atoms with Crippen LogP contribution in [0.1, 0.15) is 38.8 Å². The Bertz CT molecular complexity index is 836. The molecule has 0 radical (unpaired) electrons. The number of pyridine rings is 1. The Labute approximate surface area is 165 Å². The Morgan fingerprint density at radius 2 is 2.03 bits per heavy atom. The van der Waals surface area contributed by atoms with Gasteiger partial charge in [-0.1, -0.05) is 6.92 Å². The molecule has 1 aromatic rings. The maximum Gasteiger partial charge on any atom is 0.422 e. The first-order valence-corrected chi connectivity index (χ1v) is 8.80. The summed E-state index contributed by atoms with van der Waals surface area (Å²) in [4.78, 5) is 28.0. The number of carbonyl (C=O) groups excluding carboxylic acids is 2. The van der Waals surface area contributed by atoms with Crippen LogP contribution in [0.2, 0.25) is 0 Å². The van der Waals surface area contributed by atoms with E-state index in [1.165, 1.54) is 19.2 Å². The molecule has 8 nitrogen and oxygen atoms in total. The molecular formula is C18H22F3N5O3. The van der Waals surface area contributed by atoms with Crippen molar-refractivity contribution in [3.05, 3.63) is 47.1 Å². The number of aromatic nitrogens is 1. The van der Waals surface area contributed by atoms with E-state index >= 15 is 0 Å². The molecule has 158 valence electrons. The molecule has 0 saturated heterocycles. The molecule has 11 heteroatoms. The minimum absolute atomic E-state index is 0.113. The standard InChI is InChI=1S/C18H22F3N5O3/c1-4-15(27)24-14-8-12(5-6-22-14)11(3)23-16(28)13-7-10(2)17(26-25-13)29-9-18(19,20)21/h5-8,11,25-26H,4,9H2,1-3H3,(H,23,28)(H,22,24,27). The van der Waals surface area contributed by atoms with Crippen molar-refractivity contribution in [1.29, 1.82) is 0 Å². The normalized spacial score (nSPS) is 14.9. The van der Waals surface area contributed by atoms with Crippen LogP contribution in [0.25, 0.3) is 0 Å². The lowest BCUT2D eigenvalue weighted by Gasteiger charge is -2.23. The lowest BCUT2D eigenvalue weighted by Crippen LogP contribution is -2.42. The lowest BCUT2D eigenvalue weighted by atomic mass is 10.1. The first-order chi connectivity index (χ1) is 13.6. The number of rotatable bonds is 7. The van der Waals surface area contributed by atoms with Gasteiger partial charge in [-0.3, -0.25) is 20.4 Å². The molecule has 1 aromatic heterocycles. The van der Waals surface area contributed by atoms with Gasteiger partial charge in [0.05, 0.1) is 6.04 Å². The number of amides is 2. The van der Waals surface area contributed by atoms with Crippen LogP contribution in [0, 0.1) is 0 Å². The summed E-state index contributed by atoms with van der Waals surface area (Å²) in [7, 11) is 0. The third kappa shape index (κ3) is 6.70. The molecule has 2 rings (SSSR count). The van der Waals surface area contributed by atoms with E-state index in [0.717, 1.165) is 0 Å². The quantitative estimate of drug-likeness (QED) is 0.547. The molecule has 0 aromatic carbocycles. The molecular weight excluding hydrogens is 391 g/mol. The summed E-state index contributed by atoms with van der Waals surface area (Å²) in [6.07, 6.45) is -1.26. The van der Waals surface area contributed by atoms with Gasteiger partial charge in [0.1, 0.15) is 11.5 Å². The van der Waals surface area contributed by atoms with Gasteiger partial charge in [0, 0.05) is 18.2 Å². The first kappa shape index (κ1) is 22.1. The fourth-order valence-electron chi connectivity index (χ4n) is 2.34. The minimum Gasteiger partial charge on any atom is -0.468 e. The van der Waals surface area contributed by atoms with Crippen molar-refractivity contribution in [3.63, 3.8) is 0 Å². The molecule has 1 aliphatic heterocycles. The second kappa shape index (κ2) is 9.30. The molecule has 1 aliphatic rings. The van der Waals surface area contributed by atoms with Crippen LogP contribution in [0.15, 0.2) is 41.6 Å². The number of hydrazine groups is 1. The third-order valence-corrected chi connectivity index (χ3v) is 3.87. The van der Waals surface area contributed by atoms with Crippen LogP contribution in [0.4, 0.5) is 19.0 Å². The summed E-state index contributed by atoms with van der Waals surface area (Å²) < 4.78 is 41.4. The highest BCUT2D eigenvalue weighted by Gasteiger charge is 2.30. The van der Waals surface area contributed by atoms with E-state index in [-0.39, 0.29) is 17.5 Å². The van der Waals surface area contributed by atoms with Crippen LogP contribution in [0.3, 0.4) is 0 Å². The summed E-state index contributed by atoms with van der Waals surface area (Å²) >= 11 is 0. The average molecular weight is 413 g/mol. The molecule has 29 heavy (non-hydrogen) atoms. The second-order valence-corrected chi connectivity index (χ2v) is 6.30. The topological polar surface area (TPSA) is 104 Å². The van der Waals surface area contributed by atoms with E-state index in [2.05, 4.69) is 31.2 Å². The van der Waals surface area contributed by atoms with E-state index in [1.54, 1.807) is 26.0 Å². The van der Waals surface area contributed by atoms with Gasteiger partial charge in [-0.2, -0.15) is 13.2 Å². The van der Waals surface area contributed by atoms with Crippen molar-refractivity contribution in [2.45, 2.75) is 39.4 Å². The summed E-state index contributed by atoms with van der Waals surface area (Å²) in [6, 6.07) is 2.92. The zero-order valence-electron chi connectivity index (χ0n) is 16.1. The summed E-state index contributed by atoms with van der Waals surface area (Å²) in [5.74, 6) is -0.398. The number of nitrogens with one attached hydrogen (secondary N) is 4. The summed E-state index contributed by atoms with van der Waals surface area (Å²) in [5, 5.41) is 5.40. The van der Waals surface area contributed by atoms with E-state index in [1.807, 2.05) is 0 Å². The number of hydrogen-bond donors (Lipinski definition) is 4. The van der Waals surface area contributed by atoms with Crippen molar-refractivity contribution >= 4 is 17.6 Å². The fraction of sp³-hybridized carbons (Fsp3) is 0.389. The molecule has 0 aliphatic carbocycles. The Hall–Kier alpha value is -3.24. The highest BCUT2D eigenvalue weighted by Crippen LogP contribution is 2.19. The number of anilines is 1. The van der Waals surface area contributed by atoms with E-state index in [9.17, 15) is 22.8 Å². The molecule has 0 fully saturated rings. The van der Waals surface area contributed by atoms with Crippen molar-refractivity contribution in [2.75, 3.05) is 11.9 Å². The molecule has 4 N–H and O–H groups in total. The average Bonchev–Trinajstić information content (AvgIpc) is 2.66. The fourth-order valence-corrected chi connectivity index (χ4v) is 2.34. The SMILES string of the molecule is CCC(=O)Nc1cc(C(C)NC(=O)C2=CC(C)=C(OCC(F)(F)F)NN2)ccn1. The second-order valence-electron chi connectivity index (χ2n) is 6.30. The number of hydrogen-bond acceptors (Lipinski definition) is 6. The maximum absolute atomic E-state index is 12.4. The predicted octanol–water partition coefficient (Wildman–Crippen LogP) is 2.41. The zero-order chi connectivity index (χ0) is 21.6. The monoisotopic (exact) mass is 413 g/mol. The number of ether oxygens (including phenoxy) is 1. The molecule has 0 saturated carbocycles. The number of halogens is 3. The van der Waals surface area contributed by atoms with Gasteiger partial charge in [0.25, 0.3) is 5.91 Å². The molecule has 1 unspecified atom stereocenters. The molecule has 2 amide bonds. The van der Waals surface area contributed by atoms with Gasteiger partial charge >= 0.3 is 6.18 Å². The van der Waals surface area contributed by atoms with Crippen molar-refractivity contribution in [2.24, 2.45) is 0 Å². The summed E-state index contributed by atoms with van der Waals surface area (Å²) in [6.45, 7) is 3.54. The minimum atomic E-state index is -4.47. The zero-order valence-corrected chi connectivity index (χ0v) is 16.1. The molecule has 1 atom stereocenters. The molecule has 0 bridgehead atoms. The number of carbonyl (C=O) groups is 2. The molecule has 0 spiro atoms. The van der Waals surface area contributed by atoms with E-state index in [0.29, 0.717) is 23.4 Å². The van der Waals surface area contributed by atoms with Gasteiger partial charge in [0.15, 0.2) is 6.61 Å². The lowest BCUT2D eigenvalue weighted by molar-refractivity contribution is -0.166. The Balaban J connectivity index is 2.02. The largest absolute Gasteiger partial charge is 0.468 e. The van der Waals surface area contributed by atoms with Gasteiger partial charge in [0.2, 0.25) is 11.8 Å². The highest BCUT2D eigenvalue weighted by atomic mass is 19.4. The van der Waals surface area contributed by atoms with Gasteiger partial charge in [-0.15, -0.1) is 0 Å². The number of nitrogens with zero attached hydrogens (tertiary/aromatic N) is 1. The van der Waals surface area contributed by atoms with E-state index in [4.69, 9.17) is 0 Å².